The third-order valence-corrected chi connectivity index (χ3v) is 8.28. The Morgan fingerprint density at radius 1 is 1.08 bits per heavy atom. The molecule has 2 amide bonds. The second-order valence-electron chi connectivity index (χ2n) is 13.7. The van der Waals surface area contributed by atoms with Crippen LogP contribution in [0.25, 0.3) is 0 Å². The van der Waals surface area contributed by atoms with Crippen LogP contribution in [0.1, 0.15) is 113 Å². The lowest BCUT2D eigenvalue weighted by atomic mass is 9.62. The van der Waals surface area contributed by atoms with Crippen molar-refractivity contribution < 1.29 is 18.7 Å². The average molecular weight is 523 g/mol. The van der Waals surface area contributed by atoms with E-state index in [0.717, 1.165) is 18.6 Å². The van der Waals surface area contributed by atoms with Crippen molar-refractivity contribution in [3.05, 3.63) is 58.0 Å². The quantitative estimate of drug-likeness (QED) is 0.463. The van der Waals surface area contributed by atoms with Gasteiger partial charge in [0.15, 0.2) is 5.76 Å². The molecule has 4 rings (SSSR count). The summed E-state index contributed by atoms with van der Waals surface area (Å²) in [5.41, 5.74) is 5.24. The molecule has 6 nitrogen and oxygen atoms in total. The van der Waals surface area contributed by atoms with E-state index in [1.165, 1.54) is 35.1 Å². The fourth-order valence-electron chi connectivity index (χ4n) is 5.79. The predicted molar refractivity (Wildman–Crippen MR) is 151 cm³/mol. The standard InChI is InChI=1S/C32H46N2O4/c1-21-16-25-26(32(7,8)14-13-31(25,5)6)18-23(21)17-24-11-12-27(37-24)28(35)33-19-22-10-9-15-34(20-22)29(36)38-30(2,3)4/h11-12,16,18,22H,9-10,13-15,17,19-20H2,1-8H3,(H,33,35). The lowest BCUT2D eigenvalue weighted by Crippen LogP contribution is -2.45. The van der Waals surface area contributed by atoms with Gasteiger partial charge >= 0.3 is 6.09 Å². The Labute approximate surface area is 228 Å². The van der Waals surface area contributed by atoms with Gasteiger partial charge in [0.1, 0.15) is 11.4 Å². The minimum absolute atomic E-state index is 0.152. The number of piperidine rings is 1. The zero-order valence-corrected chi connectivity index (χ0v) is 24.6. The Balaban J connectivity index is 1.37. The van der Waals surface area contributed by atoms with E-state index in [4.69, 9.17) is 9.15 Å². The Hall–Kier alpha value is -2.76. The van der Waals surface area contributed by atoms with Crippen molar-refractivity contribution in [1.29, 1.82) is 0 Å². The van der Waals surface area contributed by atoms with E-state index in [1.54, 1.807) is 11.0 Å². The highest BCUT2D eigenvalue weighted by molar-refractivity contribution is 5.91. The molecule has 1 aliphatic carbocycles. The van der Waals surface area contributed by atoms with Crippen LogP contribution in [-0.2, 0) is 22.0 Å². The van der Waals surface area contributed by atoms with Gasteiger partial charge in [0.05, 0.1) is 0 Å². The number of rotatable bonds is 5. The fourth-order valence-corrected chi connectivity index (χ4v) is 5.79. The average Bonchev–Trinajstić information content (AvgIpc) is 3.29. The van der Waals surface area contributed by atoms with Crippen LogP contribution in [0, 0.1) is 12.8 Å². The first-order chi connectivity index (χ1) is 17.6. The number of nitrogens with zero attached hydrogens (tertiary/aromatic N) is 1. The van der Waals surface area contributed by atoms with Crippen LogP contribution >= 0.6 is 0 Å². The molecule has 1 saturated heterocycles. The van der Waals surface area contributed by atoms with E-state index in [1.807, 2.05) is 26.8 Å². The molecule has 0 bridgehead atoms. The van der Waals surface area contributed by atoms with Gasteiger partial charge in [-0.15, -0.1) is 0 Å². The van der Waals surface area contributed by atoms with Crippen LogP contribution < -0.4 is 5.32 Å². The smallest absolute Gasteiger partial charge is 0.410 e. The van der Waals surface area contributed by atoms with E-state index in [-0.39, 0.29) is 28.7 Å². The molecule has 0 radical (unpaired) electrons. The summed E-state index contributed by atoms with van der Waals surface area (Å²) in [6, 6.07) is 8.41. The molecule has 0 spiro atoms. The minimum atomic E-state index is -0.514. The maximum absolute atomic E-state index is 12.9. The van der Waals surface area contributed by atoms with Gasteiger partial charge in [-0.1, -0.05) is 39.8 Å². The van der Waals surface area contributed by atoms with Gasteiger partial charge in [0, 0.05) is 26.1 Å². The number of carbonyl (C=O) groups is 2. The molecular formula is C32H46N2O4. The van der Waals surface area contributed by atoms with Crippen LogP contribution in [0.15, 0.2) is 28.7 Å². The molecule has 2 aliphatic rings. The summed E-state index contributed by atoms with van der Waals surface area (Å²) < 4.78 is 11.5. The summed E-state index contributed by atoms with van der Waals surface area (Å²) in [5.74, 6) is 1.10. The van der Waals surface area contributed by atoms with Crippen LogP contribution in [0.4, 0.5) is 4.79 Å². The lowest BCUT2D eigenvalue weighted by molar-refractivity contribution is 0.0167. The van der Waals surface area contributed by atoms with Crippen LogP contribution in [0.5, 0.6) is 0 Å². The predicted octanol–water partition coefficient (Wildman–Crippen LogP) is 6.90. The van der Waals surface area contributed by atoms with E-state index >= 15 is 0 Å². The molecule has 1 atom stereocenters. The van der Waals surface area contributed by atoms with Crippen molar-refractivity contribution in [3.63, 3.8) is 0 Å². The molecule has 1 aromatic heterocycles. The van der Waals surface area contributed by atoms with Crippen molar-refractivity contribution in [2.24, 2.45) is 5.92 Å². The second-order valence-corrected chi connectivity index (χ2v) is 13.7. The SMILES string of the molecule is Cc1cc2c(cc1Cc1ccc(C(=O)NCC3CCCN(C(=O)OC(C)(C)C)C3)o1)C(C)(C)CCC2(C)C. The van der Waals surface area contributed by atoms with Crippen LogP contribution in [-0.4, -0.2) is 42.1 Å². The largest absolute Gasteiger partial charge is 0.456 e. The molecule has 1 aliphatic heterocycles. The normalized spacial score (nSPS) is 20.5. The lowest BCUT2D eigenvalue weighted by Gasteiger charge is -2.42. The Bertz CT molecular complexity index is 1180. The molecule has 208 valence electrons. The summed E-state index contributed by atoms with van der Waals surface area (Å²) in [6.45, 7) is 19.0. The van der Waals surface area contributed by atoms with E-state index in [2.05, 4.69) is 52.1 Å². The highest BCUT2D eigenvalue weighted by atomic mass is 16.6. The molecule has 1 unspecified atom stereocenters. The number of aryl methyl sites for hydroxylation is 1. The number of carbonyl (C=O) groups excluding carboxylic acids is 2. The number of furan rings is 1. The van der Waals surface area contributed by atoms with Gasteiger partial charge in [0.25, 0.3) is 5.91 Å². The Kier molecular flexibility index (Phi) is 7.75. The van der Waals surface area contributed by atoms with Crippen molar-refractivity contribution in [1.82, 2.24) is 10.2 Å². The van der Waals surface area contributed by atoms with Crippen molar-refractivity contribution in [2.75, 3.05) is 19.6 Å². The number of benzene rings is 1. The van der Waals surface area contributed by atoms with Crippen LogP contribution in [0.3, 0.4) is 0 Å². The van der Waals surface area contributed by atoms with Gasteiger partial charge in [-0.05, 0) is 105 Å². The second kappa shape index (κ2) is 10.4. The van der Waals surface area contributed by atoms with E-state index in [0.29, 0.717) is 31.8 Å². The molecule has 1 aromatic carbocycles. The summed E-state index contributed by atoms with van der Waals surface area (Å²) in [6.07, 6.45) is 4.62. The number of nitrogens with one attached hydrogen (secondary N) is 1. The van der Waals surface area contributed by atoms with E-state index < -0.39 is 5.60 Å². The van der Waals surface area contributed by atoms with Gasteiger partial charge < -0.3 is 19.4 Å². The zero-order chi connectivity index (χ0) is 27.9. The number of hydrogen-bond acceptors (Lipinski definition) is 4. The summed E-state index contributed by atoms with van der Waals surface area (Å²) >= 11 is 0. The summed E-state index contributed by atoms with van der Waals surface area (Å²) in [4.78, 5) is 27.1. The zero-order valence-electron chi connectivity index (χ0n) is 24.6. The molecule has 1 N–H and O–H groups in total. The van der Waals surface area contributed by atoms with Crippen molar-refractivity contribution in [3.8, 4) is 0 Å². The monoisotopic (exact) mass is 522 g/mol. The molecule has 38 heavy (non-hydrogen) atoms. The van der Waals surface area contributed by atoms with Crippen LogP contribution in [0.2, 0.25) is 0 Å². The van der Waals surface area contributed by atoms with Gasteiger partial charge in [-0.2, -0.15) is 0 Å². The highest BCUT2D eigenvalue weighted by Crippen LogP contribution is 2.46. The van der Waals surface area contributed by atoms with Gasteiger partial charge in [-0.25, -0.2) is 4.79 Å². The molecule has 2 heterocycles. The number of amides is 2. The highest BCUT2D eigenvalue weighted by Gasteiger charge is 2.37. The third-order valence-electron chi connectivity index (χ3n) is 8.28. The maximum Gasteiger partial charge on any atom is 0.410 e. The first kappa shape index (κ1) is 28.3. The minimum Gasteiger partial charge on any atom is -0.456 e. The fraction of sp³-hybridized carbons (Fsp3) is 0.625. The van der Waals surface area contributed by atoms with Gasteiger partial charge in [0.2, 0.25) is 0 Å². The molecule has 6 heteroatoms. The summed E-state index contributed by atoms with van der Waals surface area (Å²) in [7, 11) is 0. The Morgan fingerprint density at radius 2 is 1.74 bits per heavy atom. The molecule has 0 saturated carbocycles. The maximum atomic E-state index is 12.9. The van der Waals surface area contributed by atoms with Gasteiger partial charge in [-0.3, -0.25) is 4.79 Å². The molecule has 2 aromatic rings. The Morgan fingerprint density at radius 3 is 2.39 bits per heavy atom. The topological polar surface area (TPSA) is 71.8 Å². The summed E-state index contributed by atoms with van der Waals surface area (Å²) in [5, 5.41) is 3.01. The first-order valence-electron chi connectivity index (χ1n) is 14.1. The third kappa shape index (κ3) is 6.44. The number of fused-ring (bicyclic) bond motifs is 1. The number of hydrogen-bond donors (Lipinski definition) is 1. The molecular weight excluding hydrogens is 476 g/mol. The first-order valence-corrected chi connectivity index (χ1v) is 14.1. The number of likely N-dealkylation sites (tertiary alicyclic amines) is 1. The van der Waals surface area contributed by atoms with Crippen molar-refractivity contribution in [2.45, 2.75) is 104 Å². The van der Waals surface area contributed by atoms with Crippen molar-refractivity contribution >= 4 is 12.0 Å². The molecule has 1 fully saturated rings. The number of ether oxygens (including phenoxy) is 1. The van der Waals surface area contributed by atoms with E-state index in [9.17, 15) is 9.59 Å².